The van der Waals surface area contributed by atoms with Gasteiger partial charge in [0, 0.05) is 22.8 Å². The lowest BCUT2D eigenvalue weighted by atomic mass is 9.93. The Hall–Kier alpha value is -3.66. The molecule has 2 atom stereocenters. The van der Waals surface area contributed by atoms with Gasteiger partial charge in [-0.3, -0.25) is 14.5 Å². The summed E-state index contributed by atoms with van der Waals surface area (Å²) in [5.41, 5.74) is 4.33. The number of fused-ring (bicyclic) bond motifs is 1. The van der Waals surface area contributed by atoms with E-state index in [1.165, 1.54) is 28.0 Å². The molecule has 0 saturated carbocycles. The Morgan fingerprint density at radius 3 is 2.55 bits per heavy atom. The van der Waals surface area contributed by atoms with Crippen molar-refractivity contribution in [3.8, 4) is 5.75 Å². The van der Waals surface area contributed by atoms with Crippen LogP contribution >= 0.6 is 34.7 Å². The minimum atomic E-state index is -0.864. The van der Waals surface area contributed by atoms with Crippen molar-refractivity contribution in [2.24, 2.45) is 0 Å². The molecule has 0 unspecified atom stereocenters. The first-order valence-electron chi connectivity index (χ1n) is 13.6. The largest absolute Gasteiger partial charge is 0.507 e. The van der Waals surface area contributed by atoms with Gasteiger partial charge >= 0.3 is 5.91 Å². The normalized spacial score (nSPS) is 19.4. The molecule has 1 N–H and O–H groups in total. The van der Waals surface area contributed by atoms with E-state index in [-0.39, 0.29) is 17.4 Å². The van der Waals surface area contributed by atoms with Crippen LogP contribution in [0.1, 0.15) is 60.5 Å². The molecule has 10 heteroatoms. The van der Waals surface area contributed by atoms with Crippen LogP contribution in [-0.2, 0) is 21.8 Å². The van der Waals surface area contributed by atoms with Crippen molar-refractivity contribution < 1.29 is 19.4 Å². The van der Waals surface area contributed by atoms with E-state index in [1.54, 1.807) is 12.1 Å². The molecule has 1 saturated heterocycles. The summed E-state index contributed by atoms with van der Waals surface area (Å²) < 4.78 is 6.46. The molecule has 4 aromatic rings. The molecule has 0 radical (unpaired) electrons. The number of amides is 1. The number of aromatic nitrogens is 2. The number of ketones is 1. The highest BCUT2D eigenvalue weighted by molar-refractivity contribution is 8.00. The molecule has 3 heterocycles. The number of halogens is 1. The summed E-state index contributed by atoms with van der Waals surface area (Å²) in [7, 11) is 0. The predicted octanol–water partition coefficient (Wildman–Crippen LogP) is 7.56. The zero-order chi connectivity index (χ0) is 29.5. The minimum absolute atomic E-state index is 0.0229. The molecule has 1 aromatic heterocycles. The van der Waals surface area contributed by atoms with Crippen molar-refractivity contribution in [1.82, 2.24) is 10.2 Å². The van der Waals surface area contributed by atoms with E-state index in [1.807, 2.05) is 61.5 Å². The summed E-state index contributed by atoms with van der Waals surface area (Å²) in [6.07, 6.45) is 0.734. The molecule has 3 aromatic carbocycles. The highest BCUT2D eigenvalue weighted by Crippen LogP contribution is 2.45. The van der Waals surface area contributed by atoms with Gasteiger partial charge in [0.15, 0.2) is 4.34 Å². The van der Waals surface area contributed by atoms with E-state index in [9.17, 15) is 14.7 Å². The molecule has 2 aliphatic heterocycles. The third kappa shape index (κ3) is 5.44. The quantitative estimate of drug-likeness (QED) is 0.0752. The first kappa shape index (κ1) is 28.5. The first-order chi connectivity index (χ1) is 20.2. The van der Waals surface area contributed by atoms with Crippen molar-refractivity contribution >= 4 is 57.3 Å². The van der Waals surface area contributed by atoms with Crippen LogP contribution in [0.4, 0.5) is 5.13 Å². The number of ether oxygens (including phenoxy) is 1. The molecule has 1 fully saturated rings. The molecule has 0 aliphatic carbocycles. The number of Topliss-reactive ketones (excluding diaryl/α,β-unsaturated/α-hetero) is 1. The van der Waals surface area contributed by atoms with Gasteiger partial charge in [0.2, 0.25) is 5.13 Å². The first-order valence-corrected chi connectivity index (χ1v) is 15.8. The number of carbonyl (C=O) groups is 2. The topological polar surface area (TPSA) is 92.6 Å². The Morgan fingerprint density at radius 2 is 1.83 bits per heavy atom. The molecule has 42 heavy (non-hydrogen) atoms. The van der Waals surface area contributed by atoms with Gasteiger partial charge in [0.05, 0.1) is 11.6 Å². The lowest BCUT2D eigenvalue weighted by Crippen LogP contribution is -2.29. The second kappa shape index (κ2) is 11.6. The van der Waals surface area contributed by atoms with Gasteiger partial charge < -0.3 is 9.84 Å². The molecule has 0 spiro atoms. The van der Waals surface area contributed by atoms with Crippen molar-refractivity contribution in [2.45, 2.75) is 55.3 Å². The van der Waals surface area contributed by atoms with Crippen LogP contribution in [0.3, 0.4) is 0 Å². The van der Waals surface area contributed by atoms with Crippen molar-refractivity contribution in [3.63, 3.8) is 0 Å². The smallest absolute Gasteiger partial charge is 0.301 e. The third-order valence-electron chi connectivity index (χ3n) is 7.41. The summed E-state index contributed by atoms with van der Waals surface area (Å²) in [6.45, 7) is 6.18. The number of nitrogens with zero attached hydrogens (tertiary/aromatic N) is 3. The highest BCUT2D eigenvalue weighted by Gasteiger charge is 2.48. The fourth-order valence-corrected chi connectivity index (χ4v) is 7.17. The van der Waals surface area contributed by atoms with Gasteiger partial charge in [0.25, 0.3) is 5.78 Å². The Kier molecular flexibility index (Phi) is 7.83. The van der Waals surface area contributed by atoms with E-state index in [2.05, 4.69) is 24.0 Å². The van der Waals surface area contributed by atoms with Crippen molar-refractivity contribution in [3.05, 3.63) is 105 Å². The number of benzene rings is 3. The highest BCUT2D eigenvalue weighted by atomic mass is 35.5. The summed E-state index contributed by atoms with van der Waals surface area (Å²) in [5.74, 6) is -0.0227. The molecule has 6 rings (SSSR count). The number of rotatable bonds is 7. The van der Waals surface area contributed by atoms with Gasteiger partial charge in [-0.15, -0.1) is 10.2 Å². The SMILES string of the molecule is CC(C)c1ccc([C@H]2/C(=C(\O)c3ccc4c(c3)C[C@@H](C)O4)C(=O)C(=O)N2c2nnc(SCc3ccc(Cl)cc3)s2)cc1. The van der Waals surface area contributed by atoms with Crippen LogP contribution in [-0.4, -0.2) is 33.1 Å². The average Bonchev–Trinajstić information content (AvgIpc) is 3.67. The van der Waals surface area contributed by atoms with Gasteiger partial charge in [-0.2, -0.15) is 0 Å². The maximum atomic E-state index is 13.6. The number of hydrogen-bond donors (Lipinski definition) is 1. The van der Waals surface area contributed by atoms with E-state index in [0.717, 1.165) is 22.4 Å². The fourth-order valence-electron chi connectivity index (χ4n) is 5.22. The van der Waals surface area contributed by atoms with Gasteiger partial charge in [0.1, 0.15) is 17.6 Å². The lowest BCUT2D eigenvalue weighted by molar-refractivity contribution is -0.132. The number of carbonyl (C=O) groups excluding carboxylic acids is 2. The standard InChI is InChI=1S/C32H28ClN3O4S2/c1-17(2)20-6-8-21(9-7-20)27-26(28(37)22-10-13-25-23(15-22)14-18(3)40-25)29(38)30(39)36(27)31-34-35-32(42-31)41-16-19-4-11-24(33)12-5-19/h4-13,15,17-18,27,37H,14,16H2,1-3H3/b28-26+/t18-,27+/m1/s1. The van der Waals surface area contributed by atoms with Gasteiger partial charge in [-0.1, -0.05) is 84.9 Å². The number of aliphatic hydroxyl groups is 1. The molecule has 214 valence electrons. The molecular formula is C32H28ClN3O4S2. The summed E-state index contributed by atoms with van der Waals surface area (Å²) in [4.78, 5) is 28.6. The Morgan fingerprint density at radius 1 is 1.10 bits per heavy atom. The zero-order valence-electron chi connectivity index (χ0n) is 23.2. The number of aliphatic hydroxyl groups excluding tert-OH is 1. The third-order valence-corrected chi connectivity index (χ3v) is 9.79. The maximum absolute atomic E-state index is 13.6. The van der Waals surface area contributed by atoms with Crippen LogP contribution in [0, 0.1) is 0 Å². The van der Waals surface area contributed by atoms with Crippen LogP contribution < -0.4 is 9.64 Å². The molecule has 7 nitrogen and oxygen atoms in total. The average molecular weight is 618 g/mol. The second-order valence-electron chi connectivity index (χ2n) is 10.7. The van der Waals surface area contributed by atoms with Crippen LogP contribution in [0.25, 0.3) is 5.76 Å². The number of thioether (sulfide) groups is 1. The van der Waals surface area contributed by atoms with Gasteiger partial charge in [-0.25, -0.2) is 0 Å². The maximum Gasteiger partial charge on any atom is 0.301 e. The minimum Gasteiger partial charge on any atom is -0.507 e. The number of anilines is 1. The van der Waals surface area contributed by atoms with Crippen molar-refractivity contribution in [2.75, 3.05) is 4.90 Å². The predicted molar refractivity (Wildman–Crippen MR) is 166 cm³/mol. The molecular weight excluding hydrogens is 590 g/mol. The van der Waals surface area contributed by atoms with E-state index in [0.29, 0.717) is 43.7 Å². The number of hydrogen-bond acceptors (Lipinski definition) is 8. The Labute approximate surface area is 257 Å². The fraction of sp³-hybridized carbons (Fsp3) is 0.250. The van der Waals surface area contributed by atoms with Gasteiger partial charge in [-0.05, 0) is 65.4 Å². The second-order valence-corrected chi connectivity index (χ2v) is 13.3. The molecule has 0 bridgehead atoms. The summed E-state index contributed by atoms with van der Waals surface area (Å²) >= 11 is 8.72. The van der Waals surface area contributed by atoms with E-state index < -0.39 is 17.7 Å². The van der Waals surface area contributed by atoms with E-state index in [4.69, 9.17) is 16.3 Å². The van der Waals surface area contributed by atoms with Crippen LogP contribution in [0.2, 0.25) is 5.02 Å². The van der Waals surface area contributed by atoms with Crippen LogP contribution in [0.5, 0.6) is 5.75 Å². The summed E-state index contributed by atoms with van der Waals surface area (Å²) in [5, 5.41) is 21.1. The lowest BCUT2D eigenvalue weighted by Gasteiger charge is -2.23. The van der Waals surface area contributed by atoms with Crippen LogP contribution in [0.15, 0.2) is 76.6 Å². The summed E-state index contributed by atoms with van der Waals surface area (Å²) in [6, 6.07) is 19.8. The van der Waals surface area contributed by atoms with Crippen molar-refractivity contribution in [1.29, 1.82) is 0 Å². The zero-order valence-corrected chi connectivity index (χ0v) is 25.6. The Bertz CT molecular complexity index is 1700. The monoisotopic (exact) mass is 617 g/mol. The Balaban J connectivity index is 1.39. The van der Waals surface area contributed by atoms with E-state index >= 15 is 0 Å². The molecule has 1 amide bonds. The molecule has 2 aliphatic rings.